The number of rotatable bonds is 10. The van der Waals surface area contributed by atoms with Gasteiger partial charge in [0.15, 0.2) is 0 Å². The third-order valence-corrected chi connectivity index (χ3v) is 10.1. The number of unbranched alkanes of at least 4 members (excludes halogenated alkanes) is 2. The molecule has 0 amide bonds. The Morgan fingerprint density at radius 2 is 1.77 bits per heavy atom. The minimum atomic E-state index is 0.348. The molecule has 4 aliphatic rings. The maximum Gasteiger partial charge on any atom is -0.00368 e. The average molecular weight is 534 g/mol. The summed E-state index contributed by atoms with van der Waals surface area (Å²) < 4.78 is 0. The molecule has 0 bridgehead atoms. The summed E-state index contributed by atoms with van der Waals surface area (Å²) in [7, 11) is 0. The molecular weight excluding hydrogens is 470 g/mol. The van der Waals surface area contributed by atoms with Crippen LogP contribution < -0.4 is 5.32 Å². The highest BCUT2D eigenvalue weighted by atomic mass is 14.9. The topological polar surface area (TPSA) is 12.0 Å². The summed E-state index contributed by atoms with van der Waals surface area (Å²) in [4.78, 5) is 0. The molecule has 4 rings (SSSR count). The van der Waals surface area contributed by atoms with Crippen molar-refractivity contribution in [2.45, 2.75) is 126 Å². The smallest absolute Gasteiger partial charge is 0.00368 e. The second-order valence-electron chi connectivity index (χ2n) is 12.6. The lowest BCUT2D eigenvalue weighted by Crippen LogP contribution is -2.42. The highest BCUT2D eigenvalue weighted by Crippen LogP contribution is 2.64. The normalized spacial score (nSPS) is 32.0. The second-order valence-corrected chi connectivity index (χ2v) is 12.6. The summed E-state index contributed by atoms with van der Waals surface area (Å²) >= 11 is 0. The Morgan fingerprint density at radius 3 is 2.36 bits per heavy atom. The lowest BCUT2D eigenvalue weighted by Gasteiger charge is -2.50. The van der Waals surface area contributed by atoms with Gasteiger partial charge in [-0.15, -0.1) is 0 Å². The van der Waals surface area contributed by atoms with Gasteiger partial charge in [-0.3, -0.25) is 0 Å². The van der Waals surface area contributed by atoms with E-state index in [1.54, 1.807) is 5.57 Å². The van der Waals surface area contributed by atoms with Gasteiger partial charge in [-0.25, -0.2) is 0 Å². The molecule has 1 heterocycles. The molecule has 1 nitrogen and oxygen atoms in total. The van der Waals surface area contributed by atoms with Crippen LogP contribution in [0.3, 0.4) is 0 Å². The zero-order valence-corrected chi connectivity index (χ0v) is 27.0. The first-order valence-corrected chi connectivity index (χ1v) is 16.7. The summed E-state index contributed by atoms with van der Waals surface area (Å²) in [6, 6.07) is 0. The number of hydrogen-bond donors (Lipinski definition) is 1. The molecule has 39 heavy (non-hydrogen) atoms. The molecule has 0 aromatic carbocycles. The van der Waals surface area contributed by atoms with Crippen LogP contribution in [0, 0.1) is 28.6 Å². The summed E-state index contributed by atoms with van der Waals surface area (Å²) in [5, 5.41) is 3.11. The molecule has 1 heteroatoms. The standard InChI is InChI=1S/C33H50.C3H7N.C2H6/c1-7-11-12-15-26-16-18-30-23-25-33(6)29(20-21-31(33)32(30,5)24-22-26)19-17-27(10-4)28(13-8-2)14-9-3;1-2-4-3-1;1-2/h8,10,13,16-19,23,26,29,31H,4,7,9,11-12,14-15,20-22,24-25H2,1-3,5-6H3;4H,1-3H2;1-2H3/b13-8-,19-17+,28-27-;;. The molecule has 5 unspecified atom stereocenters. The number of hydrogen-bond acceptors (Lipinski definition) is 1. The largest absolute Gasteiger partial charge is 0.317 e. The zero-order chi connectivity index (χ0) is 28.7. The minimum absolute atomic E-state index is 0.348. The van der Waals surface area contributed by atoms with Crippen molar-refractivity contribution in [1.82, 2.24) is 5.32 Å². The van der Waals surface area contributed by atoms with Crippen molar-refractivity contribution in [2.24, 2.45) is 28.6 Å². The molecule has 1 N–H and O–H groups in total. The van der Waals surface area contributed by atoms with Crippen molar-refractivity contribution in [3.05, 3.63) is 71.9 Å². The molecule has 5 atom stereocenters. The van der Waals surface area contributed by atoms with Gasteiger partial charge in [-0.2, -0.15) is 0 Å². The van der Waals surface area contributed by atoms with Crippen molar-refractivity contribution < 1.29 is 0 Å². The zero-order valence-electron chi connectivity index (χ0n) is 27.0. The molecule has 220 valence electrons. The number of fused-ring (bicyclic) bond motifs is 3. The number of nitrogens with one attached hydrogen (secondary N) is 1. The van der Waals surface area contributed by atoms with E-state index < -0.39 is 0 Å². The van der Waals surface area contributed by atoms with Crippen LogP contribution in [0.15, 0.2) is 71.9 Å². The number of allylic oxidation sites excluding steroid dienone is 11. The molecule has 1 saturated heterocycles. The fourth-order valence-corrected chi connectivity index (χ4v) is 7.48. The van der Waals surface area contributed by atoms with Crippen LogP contribution in [0.4, 0.5) is 0 Å². The first kappa shape index (κ1) is 33.6. The molecule has 0 spiro atoms. The lowest BCUT2D eigenvalue weighted by atomic mass is 9.54. The van der Waals surface area contributed by atoms with Crippen LogP contribution in [0.25, 0.3) is 0 Å². The van der Waals surface area contributed by atoms with E-state index in [4.69, 9.17) is 0 Å². The van der Waals surface area contributed by atoms with E-state index in [1.165, 1.54) is 94.9 Å². The van der Waals surface area contributed by atoms with Crippen molar-refractivity contribution in [3.63, 3.8) is 0 Å². The quantitative estimate of drug-likeness (QED) is 0.217. The van der Waals surface area contributed by atoms with Gasteiger partial charge < -0.3 is 5.32 Å². The molecule has 0 aromatic heterocycles. The maximum absolute atomic E-state index is 4.14. The van der Waals surface area contributed by atoms with Crippen LogP contribution >= 0.6 is 0 Å². The highest BCUT2D eigenvalue weighted by Gasteiger charge is 2.55. The van der Waals surface area contributed by atoms with Gasteiger partial charge in [0.1, 0.15) is 0 Å². The van der Waals surface area contributed by atoms with Crippen molar-refractivity contribution >= 4 is 0 Å². The monoisotopic (exact) mass is 533 g/mol. The van der Waals surface area contributed by atoms with Crippen LogP contribution in [0.5, 0.6) is 0 Å². The average Bonchev–Trinajstić information content (AvgIpc) is 3.15. The summed E-state index contributed by atoms with van der Waals surface area (Å²) in [6.07, 6.45) is 35.0. The van der Waals surface area contributed by atoms with Gasteiger partial charge >= 0.3 is 0 Å². The minimum Gasteiger partial charge on any atom is -0.317 e. The van der Waals surface area contributed by atoms with E-state index >= 15 is 0 Å². The Hall–Kier alpha value is -1.60. The van der Waals surface area contributed by atoms with Gasteiger partial charge in [0.25, 0.3) is 0 Å². The van der Waals surface area contributed by atoms with Crippen molar-refractivity contribution in [3.8, 4) is 0 Å². The van der Waals surface area contributed by atoms with Gasteiger partial charge in [0, 0.05) is 0 Å². The van der Waals surface area contributed by atoms with E-state index in [0.29, 0.717) is 16.7 Å². The molecule has 3 aliphatic carbocycles. The molecule has 0 aromatic rings. The Labute approximate surface area is 244 Å². The lowest BCUT2D eigenvalue weighted by molar-refractivity contribution is 0.0636. The van der Waals surface area contributed by atoms with Gasteiger partial charge in [-0.1, -0.05) is 122 Å². The molecule has 0 radical (unpaired) electrons. The fraction of sp³-hybridized carbons (Fsp3) is 0.684. The molecule has 1 saturated carbocycles. The maximum atomic E-state index is 4.14. The third-order valence-electron chi connectivity index (χ3n) is 10.1. The highest BCUT2D eigenvalue weighted by molar-refractivity contribution is 5.41. The molecule has 2 fully saturated rings. The SMILES string of the molecule is C1CNC1.C=CC(/C=C/C1CCC2C3(C)CCC(CCCCC)C=CC3=CCC12C)=C(\C=C/C)CCC.CC. The van der Waals surface area contributed by atoms with Crippen LogP contribution in [-0.2, 0) is 0 Å². The summed E-state index contributed by atoms with van der Waals surface area (Å²) in [6.45, 7) is 22.5. The van der Waals surface area contributed by atoms with Gasteiger partial charge in [-0.05, 0) is 117 Å². The van der Waals surface area contributed by atoms with E-state index in [9.17, 15) is 0 Å². The van der Waals surface area contributed by atoms with Gasteiger partial charge in [0.05, 0.1) is 0 Å². The Morgan fingerprint density at radius 1 is 1.05 bits per heavy atom. The van der Waals surface area contributed by atoms with Crippen LogP contribution in [-0.4, -0.2) is 13.1 Å². The van der Waals surface area contributed by atoms with E-state index in [1.807, 2.05) is 13.8 Å². The predicted octanol–water partition coefficient (Wildman–Crippen LogP) is 11.3. The molecule has 1 aliphatic heterocycles. The van der Waals surface area contributed by atoms with Crippen LogP contribution in [0.2, 0.25) is 0 Å². The van der Waals surface area contributed by atoms with Crippen molar-refractivity contribution in [1.29, 1.82) is 0 Å². The predicted molar refractivity (Wildman–Crippen MR) is 176 cm³/mol. The fourth-order valence-electron chi connectivity index (χ4n) is 7.48. The third kappa shape index (κ3) is 8.69. The Balaban J connectivity index is 0.000000797. The van der Waals surface area contributed by atoms with Crippen LogP contribution in [0.1, 0.15) is 126 Å². The summed E-state index contributed by atoms with van der Waals surface area (Å²) in [5.74, 6) is 2.24. The Kier molecular flexibility index (Phi) is 14.9. The molecular formula is C38H63N. The Bertz CT molecular complexity index is 874. The van der Waals surface area contributed by atoms with Crippen molar-refractivity contribution in [2.75, 3.05) is 13.1 Å². The van der Waals surface area contributed by atoms with E-state index in [2.05, 4.69) is 95.1 Å². The summed E-state index contributed by atoms with van der Waals surface area (Å²) in [5.41, 5.74) is 5.11. The first-order chi connectivity index (χ1) is 18.9. The van der Waals surface area contributed by atoms with E-state index in [0.717, 1.165) is 18.3 Å². The first-order valence-electron chi connectivity index (χ1n) is 16.7. The van der Waals surface area contributed by atoms with E-state index in [-0.39, 0.29) is 0 Å². The second kappa shape index (κ2) is 17.3. The van der Waals surface area contributed by atoms with Gasteiger partial charge in [0.2, 0.25) is 0 Å².